The molecule has 5 aromatic rings. The molecule has 0 saturated heterocycles. The third-order valence-corrected chi connectivity index (χ3v) is 6.23. The average molecular weight is 589 g/mol. The molecular weight excluding hydrogens is 574 g/mol. The fourth-order valence-electron chi connectivity index (χ4n) is 3.64. The fraction of sp³-hybridized carbons (Fsp3) is 0.130. The maximum Gasteiger partial charge on any atom is 0.433 e. The minimum Gasteiger partial charge on any atom is -0.251 e. The molecule has 0 unspecified atom stereocenters. The molecule has 1 aromatic carbocycles. The molecule has 4 heterocycles. The normalized spacial score (nSPS) is 11.8. The molecule has 35 heavy (non-hydrogen) atoms. The van der Waals surface area contributed by atoms with Crippen molar-refractivity contribution in [2.24, 2.45) is 0 Å². The van der Waals surface area contributed by atoms with Gasteiger partial charge in [-0.25, -0.2) is 9.48 Å². The van der Waals surface area contributed by atoms with Crippen molar-refractivity contribution in [2.45, 2.75) is 17.1 Å². The molecule has 8 nitrogen and oxygen atoms in total. The smallest absolute Gasteiger partial charge is 0.251 e. The Bertz CT molecular complexity index is 1550. The van der Waals surface area contributed by atoms with Crippen LogP contribution in [0.15, 0.2) is 72.0 Å². The predicted octanol–water partition coefficient (Wildman–Crippen LogP) is 4.41. The van der Waals surface area contributed by atoms with Crippen LogP contribution < -0.4 is 5.69 Å². The highest BCUT2D eigenvalue weighted by Gasteiger charge is 2.32. The Balaban J connectivity index is 1.64. The van der Waals surface area contributed by atoms with Gasteiger partial charge in [0.25, 0.3) is 0 Å². The van der Waals surface area contributed by atoms with Gasteiger partial charge >= 0.3 is 11.9 Å². The summed E-state index contributed by atoms with van der Waals surface area (Å²) < 4.78 is 41.7. The van der Waals surface area contributed by atoms with E-state index in [1.165, 1.54) is 17.8 Å². The monoisotopic (exact) mass is 589 g/mol. The van der Waals surface area contributed by atoms with E-state index in [0.29, 0.717) is 22.3 Å². The molecule has 0 bridgehead atoms. The summed E-state index contributed by atoms with van der Waals surface area (Å²) in [5.74, 6) is 0. The van der Waals surface area contributed by atoms with Crippen molar-refractivity contribution in [3.63, 3.8) is 0 Å². The lowest BCUT2D eigenvalue weighted by molar-refractivity contribution is -0.141. The fourth-order valence-corrected chi connectivity index (χ4v) is 4.15. The number of pyridine rings is 1. The SMILES string of the molecule is O=c1n(Cc2ccc(C(F)(F)F)nc2)nc2c(-c3ccnnc3)c(-c3ccc(CI)cc3)cnn12. The van der Waals surface area contributed by atoms with Gasteiger partial charge in [0, 0.05) is 27.3 Å². The molecule has 4 aromatic heterocycles. The maximum atomic E-state index is 13.0. The lowest BCUT2D eigenvalue weighted by Crippen LogP contribution is -2.23. The average Bonchev–Trinajstić information content (AvgIpc) is 3.19. The zero-order valence-corrected chi connectivity index (χ0v) is 20.0. The zero-order chi connectivity index (χ0) is 24.6. The van der Waals surface area contributed by atoms with Crippen LogP contribution in [-0.2, 0) is 17.1 Å². The molecule has 0 fully saturated rings. The second-order valence-corrected chi connectivity index (χ2v) is 8.38. The Kier molecular flexibility index (Phi) is 6.05. The highest BCUT2D eigenvalue weighted by molar-refractivity contribution is 14.1. The van der Waals surface area contributed by atoms with Crippen LogP contribution in [0.4, 0.5) is 13.2 Å². The number of rotatable bonds is 5. The third kappa shape index (κ3) is 4.52. The summed E-state index contributed by atoms with van der Waals surface area (Å²) in [6, 6.07) is 11.9. The van der Waals surface area contributed by atoms with Gasteiger partial charge in [0.2, 0.25) is 0 Å². The summed E-state index contributed by atoms with van der Waals surface area (Å²) in [4.78, 5) is 16.5. The Labute approximate surface area is 209 Å². The molecule has 12 heteroatoms. The van der Waals surface area contributed by atoms with Crippen molar-refractivity contribution < 1.29 is 13.2 Å². The highest BCUT2D eigenvalue weighted by atomic mass is 127. The van der Waals surface area contributed by atoms with Crippen LogP contribution in [0.5, 0.6) is 0 Å². The first-order valence-electron chi connectivity index (χ1n) is 10.3. The largest absolute Gasteiger partial charge is 0.433 e. The molecular formula is C23H15F3IN7O. The molecule has 0 atom stereocenters. The third-order valence-electron chi connectivity index (χ3n) is 5.35. The Morgan fingerprint density at radius 1 is 0.886 bits per heavy atom. The standard InChI is InChI=1S/C23H15F3IN7O/c24-23(25,26)19-6-3-15(10-28-19)13-33-22(35)34-21(32-33)20(17-7-8-29-30-11-17)18(12-31-34)16-4-1-14(9-27)2-5-16/h1-8,10-12H,9,13H2. The molecule has 0 N–H and O–H groups in total. The number of halogens is 4. The van der Waals surface area contributed by atoms with E-state index in [1.807, 2.05) is 24.3 Å². The summed E-state index contributed by atoms with van der Waals surface area (Å²) in [6.45, 7) is -0.0684. The summed E-state index contributed by atoms with van der Waals surface area (Å²) in [7, 11) is 0. The predicted molar refractivity (Wildman–Crippen MR) is 130 cm³/mol. The van der Waals surface area contributed by atoms with E-state index in [2.05, 4.69) is 48.0 Å². The quantitative estimate of drug-likeness (QED) is 0.223. The van der Waals surface area contributed by atoms with Gasteiger partial charge < -0.3 is 0 Å². The van der Waals surface area contributed by atoms with Gasteiger partial charge in [0.05, 0.1) is 25.1 Å². The number of aromatic nitrogens is 7. The molecule has 5 rings (SSSR count). The molecule has 176 valence electrons. The molecule has 0 saturated carbocycles. The lowest BCUT2D eigenvalue weighted by Gasteiger charge is -2.10. The lowest BCUT2D eigenvalue weighted by atomic mass is 9.98. The van der Waals surface area contributed by atoms with E-state index in [9.17, 15) is 18.0 Å². The maximum absolute atomic E-state index is 13.0. The van der Waals surface area contributed by atoms with Crippen molar-refractivity contribution >= 4 is 28.2 Å². The van der Waals surface area contributed by atoms with E-state index >= 15 is 0 Å². The Morgan fingerprint density at radius 2 is 1.66 bits per heavy atom. The van der Waals surface area contributed by atoms with Gasteiger partial charge in [0.1, 0.15) is 5.69 Å². The van der Waals surface area contributed by atoms with Crippen LogP contribution in [-0.4, -0.2) is 34.6 Å². The molecule has 0 aliphatic carbocycles. The highest BCUT2D eigenvalue weighted by Crippen LogP contribution is 2.33. The topological polar surface area (TPSA) is 90.9 Å². The summed E-state index contributed by atoms with van der Waals surface area (Å²) in [6.07, 6.45) is 1.25. The van der Waals surface area contributed by atoms with Gasteiger partial charge in [-0.2, -0.15) is 33.0 Å². The first kappa shape index (κ1) is 23.1. The molecule has 0 radical (unpaired) electrons. The van der Waals surface area contributed by atoms with Crippen molar-refractivity contribution in [1.29, 1.82) is 0 Å². The van der Waals surface area contributed by atoms with Gasteiger partial charge in [0.15, 0.2) is 5.65 Å². The number of fused-ring (bicyclic) bond motifs is 1. The second kappa shape index (κ2) is 9.17. The minimum atomic E-state index is -4.54. The van der Waals surface area contributed by atoms with E-state index in [4.69, 9.17) is 0 Å². The Morgan fingerprint density at radius 3 is 2.29 bits per heavy atom. The molecule has 0 aliphatic rings. The van der Waals surface area contributed by atoms with Gasteiger partial charge in [-0.3, -0.25) is 4.98 Å². The number of hydrogen-bond acceptors (Lipinski definition) is 6. The summed E-state index contributed by atoms with van der Waals surface area (Å²) in [5, 5.41) is 16.6. The zero-order valence-electron chi connectivity index (χ0n) is 17.8. The van der Waals surface area contributed by atoms with Crippen molar-refractivity contribution in [2.75, 3.05) is 0 Å². The van der Waals surface area contributed by atoms with Crippen LogP contribution in [0.1, 0.15) is 16.8 Å². The van der Waals surface area contributed by atoms with Crippen LogP contribution >= 0.6 is 22.6 Å². The van der Waals surface area contributed by atoms with Crippen molar-refractivity contribution in [3.05, 3.63) is 94.6 Å². The summed E-state index contributed by atoms with van der Waals surface area (Å²) >= 11 is 2.29. The number of nitrogens with zero attached hydrogens (tertiary/aromatic N) is 7. The first-order valence-corrected chi connectivity index (χ1v) is 11.8. The number of hydrogen-bond donors (Lipinski definition) is 0. The minimum absolute atomic E-state index is 0.0684. The van der Waals surface area contributed by atoms with Crippen LogP contribution in [0.2, 0.25) is 0 Å². The van der Waals surface area contributed by atoms with E-state index in [1.54, 1.807) is 18.5 Å². The number of alkyl halides is 4. The van der Waals surface area contributed by atoms with Crippen LogP contribution in [0.3, 0.4) is 0 Å². The van der Waals surface area contributed by atoms with E-state index in [-0.39, 0.29) is 6.54 Å². The van der Waals surface area contributed by atoms with E-state index < -0.39 is 17.6 Å². The van der Waals surface area contributed by atoms with Crippen molar-refractivity contribution in [3.8, 4) is 22.3 Å². The Hall–Kier alpha value is -3.68. The molecule has 0 aliphatic heterocycles. The summed E-state index contributed by atoms with van der Waals surface area (Å²) in [5.41, 5.74) is 3.27. The molecule has 0 amide bonds. The van der Waals surface area contributed by atoms with Crippen LogP contribution in [0, 0.1) is 0 Å². The van der Waals surface area contributed by atoms with Gasteiger partial charge in [-0.05, 0) is 28.8 Å². The number of benzene rings is 1. The van der Waals surface area contributed by atoms with Crippen LogP contribution in [0.25, 0.3) is 27.9 Å². The van der Waals surface area contributed by atoms with E-state index in [0.717, 1.165) is 37.0 Å². The van der Waals surface area contributed by atoms with Crippen molar-refractivity contribution in [1.82, 2.24) is 34.6 Å². The first-order chi connectivity index (χ1) is 16.8. The van der Waals surface area contributed by atoms with Gasteiger partial charge in [-0.1, -0.05) is 52.9 Å². The molecule has 0 spiro atoms. The second-order valence-electron chi connectivity index (χ2n) is 7.62. The van der Waals surface area contributed by atoms with Gasteiger partial charge in [-0.15, -0.1) is 5.10 Å².